The van der Waals surface area contributed by atoms with Gasteiger partial charge in [0.25, 0.3) is 0 Å². The molecule has 0 bridgehead atoms. The Morgan fingerprint density at radius 3 is 2.62 bits per heavy atom. The lowest BCUT2D eigenvalue weighted by Gasteiger charge is -2.32. The Balaban J connectivity index is 1.79. The number of alkyl halides is 3. The van der Waals surface area contributed by atoms with Gasteiger partial charge in [0.15, 0.2) is 0 Å². The summed E-state index contributed by atoms with van der Waals surface area (Å²) in [5, 5.41) is 1.73. The Morgan fingerprint density at radius 2 is 1.94 bits per heavy atom. The van der Waals surface area contributed by atoms with E-state index < -0.39 is 17.6 Å². The minimum absolute atomic E-state index is 0.116. The molecular weight excluding hydrogens is 464 g/mol. The normalized spacial score (nSPS) is 17.1. The summed E-state index contributed by atoms with van der Waals surface area (Å²) in [5.74, 6) is 0.0265. The molecule has 0 spiro atoms. The molecule has 0 amide bonds. The van der Waals surface area contributed by atoms with Crippen molar-refractivity contribution >= 4 is 27.9 Å². The molecule has 4 rings (SSSR count). The summed E-state index contributed by atoms with van der Waals surface area (Å²) >= 11 is 7.44. The molecule has 1 saturated heterocycles. The Labute approximate surface area is 192 Å². The second-order valence-corrected chi connectivity index (χ2v) is 9.54. The summed E-state index contributed by atoms with van der Waals surface area (Å²) < 4.78 is 54.1. The maximum atomic E-state index is 14.2. The van der Waals surface area contributed by atoms with Gasteiger partial charge in [-0.2, -0.15) is 13.2 Å². The van der Waals surface area contributed by atoms with E-state index in [1.54, 1.807) is 13.0 Å². The van der Waals surface area contributed by atoms with Crippen LogP contribution in [0.5, 0.6) is 0 Å². The van der Waals surface area contributed by atoms with Crippen LogP contribution in [0.2, 0.25) is 5.15 Å². The van der Waals surface area contributed by atoms with E-state index in [-0.39, 0.29) is 5.56 Å². The lowest BCUT2D eigenvalue weighted by atomic mass is 10.00. The fraction of sp³-hybridized carbons (Fsp3) is 0.409. The molecule has 1 aromatic carbocycles. The van der Waals surface area contributed by atoms with Crippen molar-refractivity contribution in [3.63, 3.8) is 0 Å². The summed E-state index contributed by atoms with van der Waals surface area (Å²) in [6.45, 7) is 5.42. The van der Waals surface area contributed by atoms with Gasteiger partial charge in [-0.15, -0.1) is 11.3 Å². The number of aromatic nitrogens is 3. The maximum Gasteiger partial charge on any atom is 0.416 e. The van der Waals surface area contributed by atoms with Gasteiger partial charge in [-0.05, 0) is 49.9 Å². The van der Waals surface area contributed by atoms with Gasteiger partial charge in [0.2, 0.25) is 0 Å². The zero-order valence-corrected chi connectivity index (χ0v) is 19.1. The van der Waals surface area contributed by atoms with Crippen molar-refractivity contribution < 1.29 is 17.6 Å². The van der Waals surface area contributed by atoms with Crippen molar-refractivity contribution in [2.24, 2.45) is 5.92 Å². The first kappa shape index (κ1) is 22.9. The van der Waals surface area contributed by atoms with Crippen molar-refractivity contribution in [1.82, 2.24) is 15.0 Å². The highest BCUT2D eigenvalue weighted by atomic mass is 35.5. The van der Waals surface area contributed by atoms with Gasteiger partial charge in [0.1, 0.15) is 32.5 Å². The molecule has 170 valence electrons. The summed E-state index contributed by atoms with van der Waals surface area (Å²) in [7, 11) is 0. The molecule has 1 atom stereocenters. The summed E-state index contributed by atoms with van der Waals surface area (Å²) in [5.41, 5.74) is 0.112. The zero-order chi connectivity index (χ0) is 23.0. The van der Waals surface area contributed by atoms with E-state index >= 15 is 0 Å². The van der Waals surface area contributed by atoms with Gasteiger partial charge in [-0.1, -0.05) is 18.5 Å². The SMILES string of the molecule is Cc1nc(Cl)cc(Cc2nc(-c3cc(F)cc(C(F)(F)F)c3)c(N3CCC[C@H](C)C3)s2)n1. The number of hydrogen-bond donors (Lipinski definition) is 0. The van der Waals surface area contributed by atoms with Crippen LogP contribution in [-0.2, 0) is 12.6 Å². The Kier molecular flexibility index (Phi) is 6.40. The van der Waals surface area contributed by atoms with E-state index in [4.69, 9.17) is 11.6 Å². The molecule has 3 heterocycles. The minimum atomic E-state index is -4.65. The van der Waals surface area contributed by atoms with E-state index in [0.717, 1.165) is 43.1 Å². The van der Waals surface area contributed by atoms with Crippen LogP contribution in [0.4, 0.5) is 22.6 Å². The van der Waals surface area contributed by atoms with Crippen LogP contribution in [0.25, 0.3) is 11.3 Å². The van der Waals surface area contributed by atoms with Gasteiger partial charge in [0.05, 0.1) is 11.3 Å². The topological polar surface area (TPSA) is 41.9 Å². The molecule has 0 aliphatic carbocycles. The molecule has 2 aromatic heterocycles. The molecule has 0 radical (unpaired) electrons. The van der Waals surface area contributed by atoms with Crippen LogP contribution in [0, 0.1) is 18.7 Å². The molecule has 1 fully saturated rings. The molecule has 0 N–H and O–H groups in total. The molecule has 4 nitrogen and oxygen atoms in total. The van der Waals surface area contributed by atoms with Crippen LogP contribution >= 0.6 is 22.9 Å². The van der Waals surface area contributed by atoms with Gasteiger partial charge in [-0.25, -0.2) is 19.3 Å². The average molecular weight is 485 g/mol. The second-order valence-electron chi connectivity index (χ2n) is 8.09. The van der Waals surface area contributed by atoms with Crippen molar-refractivity contribution in [2.75, 3.05) is 18.0 Å². The number of rotatable bonds is 4. The zero-order valence-electron chi connectivity index (χ0n) is 17.5. The Morgan fingerprint density at radius 1 is 1.16 bits per heavy atom. The number of anilines is 1. The maximum absolute atomic E-state index is 14.2. The highest BCUT2D eigenvalue weighted by Gasteiger charge is 2.32. The highest BCUT2D eigenvalue weighted by molar-refractivity contribution is 7.16. The average Bonchev–Trinajstić information content (AvgIpc) is 3.10. The van der Waals surface area contributed by atoms with E-state index in [2.05, 4.69) is 26.8 Å². The van der Waals surface area contributed by atoms with Crippen molar-refractivity contribution in [3.8, 4) is 11.3 Å². The molecule has 32 heavy (non-hydrogen) atoms. The first-order valence-electron chi connectivity index (χ1n) is 10.2. The molecule has 1 aliphatic rings. The molecule has 0 unspecified atom stereocenters. The molecule has 1 aliphatic heterocycles. The number of piperidine rings is 1. The molecular formula is C22H21ClF4N4S. The summed E-state index contributed by atoms with van der Waals surface area (Å²) in [6.07, 6.45) is -2.23. The Hall–Kier alpha value is -2.26. The van der Waals surface area contributed by atoms with Crippen LogP contribution in [-0.4, -0.2) is 28.0 Å². The first-order valence-corrected chi connectivity index (χ1v) is 11.4. The van der Waals surface area contributed by atoms with E-state index in [0.29, 0.717) is 45.8 Å². The lowest BCUT2D eigenvalue weighted by Crippen LogP contribution is -2.33. The highest BCUT2D eigenvalue weighted by Crippen LogP contribution is 2.41. The number of halogens is 5. The number of benzene rings is 1. The predicted octanol–water partition coefficient (Wildman–Crippen LogP) is 6.55. The number of nitrogens with zero attached hydrogens (tertiary/aromatic N) is 4. The van der Waals surface area contributed by atoms with E-state index in [1.807, 2.05) is 0 Å². The fourth-order valence-electron chi connectivity index (χ4n) is 3.93. The van der Waals surface area contributed by atoms with Crippen LogP contribution in [0.1, 0.15) is 41.9 Å². The van der Waals surface area contributed by atoms with Crippen molar-refractivity contribution in [2.45, 2.75) is 39.3 Å². The monoisotopic (exact) mass is 484 g/mol. The quantitative estimate of drug-likeness (QED) is 0.311. The predicted molar refractivity (Wildman–Crippen MR) is 118 cm³/mol. The number of thiazole rings is 1. The van der Waals surface area contributed by atoms with Crippen LogP contribution in [0.15, 0.2) is 24.3 Å². The first-order chi connectivity index (χ1) is 15.1. The minimum Gasteiger partial charge on any atom is -0.361 e. The number of aryl methyl sites for hydroxylation is 1. The van der Waals surface area contributed by atoms with Crippen molar-refractivity contribution in [3.05, 3.63) is 57.3 Å². The van der Waals surface area contributed by atoms with Gasteiger partial charge in [-0.3, -0.25) is 0 Å². The third-order valence-corrected chi connectivity index (χ3v) is 6.60. The Bertz CT molecular complexity index is 1110. The summed E-state index contributed by atoms with van der Waals surface area (Å²) in [6, 6.07) is 4.22. The van der Waals surface area contributed by atoms with Gasteiger partial charge < -0.3 is 4.90 Å². The van der Waals surface area contributed by atoms with Gasteiger partial charge >= 0.3 is 6.18 Å². The van der Waals surface area contributed by atoms with Gasteiger partial charge in [0, 0.05) is 25.1 Å². The van der Waals surface area contributed by atoms with E-state index in [1.165, 1.54) is 11.3 Å². The summed E-state index contributed by atoms with van der Waals surface area (Å²) in [4.78, 5) is 15.2. The lowest BCUT2D eigenvalue weighted by molar-refractivity contribution is -0.137. The van der Waals surface area contributed by atoms with E-state index in [9.17, 15) is 17.6 Å². The second kappa shape index (κ2) is 8.94. The largest absolute Gasteiger partial charge is 0.416 e. The third kappa shape index (κ3) is 5.20. The standard InChI is InChI=1S/C22H21ClF4N4S/c1-12-4-3-5-31(11-12)21-20(14-6-15(22(25,26)27)8-16(24)7-14)30-19(32-21)10-17-9-18(23)29-13(2)28-17/h6-9,12H,3-5,10-11H2,1-2H3/t12-/m0/s1. The van der Waals surface area contributed by atoms with Crippen LogP contribution < -0.4 is 4.90 Å². The number of hydrogen-bond acceptors (Lipinski definition) is 5. The molecule has 3 aromatic rings. The molecule has 10 heteroatoms. The smallest absolute Gasteiger partial charge is 0.361 e. The third-order valence-electron chi connectivity index (χ3n) is 5.29. The van der Waals surface area contributed by atoms with Crippen molar-refractivity contribution in [1.29, 1.82) is 0 Å². The van der Waals surface area contributed by atoms with Crippen LogP contribution in [0.3, 0.4) is 0 Å². The fourth-order valence-corrected chi connectivity index (χ4v) is 5.32. The molecule has 0 saturated carbocycles.